The first-order chi connectivity index (χ1) is 5.65. The number of halogens is 2. The van der Waals surface area contributed by atoms with Crippen LogP contribution < -0.4 is 0 Å². The van der Waals surface area contributed by atoms with Crippen molar-refractivity contribution in [3.63, 3.8) is 0 Å². The number of rotatable bonds is 2. The Morgan fingerprint density at radius 3 is 2.67 bits per heavy atom. The zero-order valence-corrected chi connectivity index (χ0v) is 7.14. The molecular formula is C9H11F2N. The molecule has 66 valence electrons. The lowest BCUT2D eigenvalue weighted by molar-refractivity contribution is 0.538. The SMILES string of the molecule is CCC(C)c1ncc(F)cc1F. The molecule has 0 saturated heterocycles. The molecule has 1 aromatic rings. The Morgan fingerprint density at radius 1 is 1.50 bits per heavy atom. The van der Waals surface area contributed by atoms with Crippen LogP contribution in [0, 0.1) is 11.6 Å². The maximum absolute atomic E-state index is 13.0. The summed E-state index contributed by atoms with van der Waals surface area (Å²) in [5.74, 6) is -1.13. The van der Waals surface area contributed by atoms with Crippen LogP contribution in [0.5, 0.6) is 0 Å². The van der Waals surface area contributed by atoms with Crippen molar-refractivity contribution >= 4 is 0 Å². The third kappa shape index (κ3) is 1.78. The summed E-state index contributed by atoms with van der Waals surface area (Å²) in [4.78, 5) is 3.70. The summed E-state index contributed by atoms with van der Waals surface area (Å²) in [5, 5.41) is 0. The van der Waals surface area contributed by atoms with Gasteiger partial charge in [0.25, 0.3) is 0 Å². The average Bonchev–Trinajstić information content (AvgIpc) is 2.03. The van der Waals surface area contributed by atoms with Crippen molar-refractivity contribution in [1.82, 2.24) is 4.98 Å². The van der Waals surface area contributed by atoms with Gasteiger partial charge in [-0.2, -0.15) is 0 Å². The molecule has 0 spiro atoms. The van der Waals surface area contributed by atoms with E-state index in [1.165, 1.54) is 0 Å². The van der Waals surface area contributed by atoms with Crippen LogP contribution in [0.2, 0.25) is 0 Å². The Kier molecular flexibility index (Phi) is 2.74. The summed E-state index contributed by atoms with van der Waals surface area (Å²) in [5.41, 5.74) is 0.346. The van der Waals surface area contributed by atoms with Crippen LogP contribution in [0.15, 0.2) is 12.3 Å². The Bertz CT molecular complexity index is 273. The van der Waals surface area contributed by atoms with E-state index in [0.29, 0.717) is 5.69 Å². The van der Waals surface area contributed by atoms with Gasteiger partial charge < -0.3 is 0 Å². The molecule has 0 bridgehead atoms. The van der Waals surface area contributed by atoms with Gasteiger partial charge in [0.2, 0.25) is 0 Å². The van der Waals surface area contributed by atoms with E-state index in [0.717, 1.165) is 18.7 Å². The molecule has 0 aliphatic rings. The van der Waals surface area contributed by atoms with Gasteiger partial charge in [-0.3, -0.25) is 4.98 Å². The van der Waals surface area contributed by atoms with Crippen LogP contribution >= 0.6 is 0 Å². The van der Waals surface area contributed by atoms with Crippen molar-refractivity contribution in [3.05, 3.63) is 29.6 Å². The molecule has 0 aliphatic carbocycles. The molecule has 3 heteroatoms. The quantitative estimate of drug-likeness (QED) is 0.666. The minimum atomic E-state index is -0.625. The standard InChI is InChI=1S/C9H11F2N/c1-3-6(2)9-8(11)4-7(10)5-12-9/h4-6H,3H2,1-2H3. The first-order valence-corrected chi connectivity index (χ1v) is 3.96. The normalized spacial score (nSPS) is 13.0. The van der Waals surface area contributed by atoms with Gasteiger partial charge in [0.1, 0.15) is 11.6 Å². The molecule has 0 N–H and O–H groups in total. The second-order valence-electron chi connectivity index (χ2n) is 2.83. The summed E-state index contributed by atoms with van der Waals surface area (Å²) in [6, 6.07) is 0.870. The molecule has 1 nitrogen and oxygen atoms in total. The topological polar surface area (TPSA) is 12.9 Å². The van der Waals surface area contributed by atoms with E-state index >= 15 is 0 Å². The minimum Gasteiger partial charge on any atom is -0.255 e. The van der Waals surface area contributed by atoms with Crippen molar-refractivity contribution < 1.29 is 8.78 Å². The van der Waals surface area contributed by atoms with E-state index in [9.17, 15) is 8.78 Å². The van der Waals surface area contributed by atoms with Crippen molar-refractivity contribution in [2.24, 2.45) is 0 Å². The van der Waals surface area contributed by atoms with Crippen LogP contribution in [0.1, 0.15) is 31.9 Å². The molecule has 1 aromatic heterocycles. The third-order valence-electron chi connectivity index (χ3n) is 1.92. The number of hydrogen-bond donors (Lipinski definition) is 0. The summed E-state index contributed by atoms with van der Waals surface area (Å²) >= 11 is 0. The fourth-order valence-corrected chi connectivity index (χ4v) is 0.981. The van der Waals surface area contributed by atoms with Gasteiger partial charge in [-0.15, -0.1) is 0 Å². The van der Waals surface area contributed by atoms with E-state index in [-0.39, 0.29) is 5.92 Å². The molecular weight excluding hydrogens is 160 g/mol. The van der Waals surface area contributed by atoms with E-state index in [1.54, 1.807) is 0 Å². The summed E-state index contributed by atoms with van der Waals surface area (Å²) in [6.07, 6.45) is 1.85. The van der Waals surface area contributed by atoms with E-state index in [4.69, 9.17) is 0 Å². The Balaban J connectivity index is 3.01. The lowest BCUT2D eigenvalue weighted by atomic mass is 10.0. The highest BCUT2D eigenvalue weighted by Gasteiger charge is 2.10. The number of hydrogen-bond acceptors (Lipinski definition) is 1. The van der Waals surface area contributed by atoms with Crippen molar-refractivity contribution in [2.45, 2.75) is 26.2 Å². The molecule has 1 heterocycles. The molecule has 0 aliphatic heterocycles. The third-order valence-corrected chi connectivity index (χ3v) is 1.92. The van der Waals surface area contributed by atoms with Gasteiger partial charge in [0.05, 0.1) is 11.9 Å². The highest BCUT2D eigenvalue weighted by molar-refractivity contribution is 5.12. The fraction of sp³-hybridized carbons (Fsp3) is 0.444. The summed E-state index contributed by atoms with van der Waals surface area (Å²) < 4.78 is 25.4. The predicted octanol–water partition coefficient (Wildman–Crippen LogP) is 2.87. The van der Waals surface area contributed by atoms with Crippen LogP contribution in [0.3, 0.4) is 0 Å². The summed E-state index contributed by atoms with van der Waals surface area (Å²) in [6.45, 7) is 3.80. The molecule has 0 aromatic carbocycles. The molecule has 0 amide bonds. The molecule has 1 rings (SSSR count). The fourth-order valence-electron chi connectivity index (χ4n) is 0.981. The van der Waals surface area contributed by atoms with E-state index < -0.39 is 11.6 Å². The highest BCUT2D eigenvalue weighted by atomic mass is 19.1. The van der Waals surface area contributed by atoms with E-state index in [1.807, 2.05) is 13.8 Å². The maximum Gasteiger partial charge on any atom is 0.147 e. The van der Waals surface area contributed by atoms with Gasteiger partial charge in [0.15, 0.2) is 0 Å². The number of aromatic nitrogens is 1. The molecule has 12 heavy (non-hydrogen) atoms. The van der Waals surface area contributed by atoms with Gasteiger partial charge in [0, 0.05) is 12.0 Å². The molecule has 0 fully saturated rings. The van der Waals surface area contributed by atoms with Crippen molar-refractivity contribution in [1.29, 1.82) is 0 Å². The Labute approximate surface area is 70.4 Å². The van der Waals surface area contributed by atoms with Gasteiger partial charge in [-0.25, -0.2) is 8.78 Å². The zero-order chi connectivity index (χ0) is 9.14. The van der Waals surface area contributed by atoms with Crippen LogP contribution in [0.25, 0.3) is 0 Å². The van der Waals surface area contributed by atoms with Gasteiger partial charge >= 0.3 is 0 Å². The van der Waals surface area contributed by atoms with Crippen LogP contribution in [-0.4, -0.2) is 4.98 Å². The lowest BCUT2D eigenvalue weighted by Gasteiger charge is -2.07. The Hall–Kier alpha value is -0.990. The molecule has 1 atom stereocenters. The average molecular weight is 171 g/mol. The monoisotopic (exact) mass is 171 g/mol. The van der Waals surface area contributed by atoms with Crippen molar-refractivity contribution in [3.8, 4) is 0 Å². The molecule has 0 radical (unpaired) electrons. The first kappa shape index (κ1) is 9.10. The second-order valence-corrected chi connectivity index (χ2v) is 2.83. The maximum atomic E-state index is 13.0. The Morgan fingerprint density at radius 2 is 2.17 bits per heavy atom. The van der Waals surface area contributed by atoms with Gasteiger partial charge in [-0.1, -0.05) is 13.8 Å². The van der Waals surface area contributed by atoms with Crippen LogP contribution in [0.4, 0.5) is 8.78 Å². The van der Waals surface area contributed by atoms with E-state index in [2.05, 4.69) is 4.98 Å². The zero-order valence-electron chi connectivity index (χ0n) is 7.14. The second kappa shape index (κ2) is 3.61. The first-order valence-electron chi connectivity index (χ1n) is 3.96. The largest absolute Gasteiger partial charge is 0.255 e. The predicted molar refractivity (Wildman–Crippen MR) is 42.9 cm³/mol. The minimum absolute atomic E-state index is 0.0469. The lowest BCUT2D eigenvalue weighted by Crippen LogP contribution is -2.00. The number of nitrogens with zero attached hydrogens (tertiary/aromatic N) is 1. The molecule has 1 unspecified atom stereocenters. The molecule has 0 saturated carbocycles. The van der Waals surface area contributed by atoms with Gasteiger partial charge in [-0.05, 0) is 6.42 Å². The van der Waals surface area contributed by atoms with Crippen molar-refractivity contribution in [2.75, 3.05) is 0 Å². The number of pyridine rings is 1. The summed E-state index contributed by atoms with van der Waals surface area (Å²) in [7, 11) is 0. The highest BCUT2D eigenvalue weighted by Crippen LogP contribution is 2.19. The van der Waals surface area contributed by atoms with Crippen LogP contribution in [-0.2, 0) is 0 Å². The smallest absolute Gasteiger partial charge is 0.147 e.